The monoisotopic (exact) mass is 750 g/mol. The lowest BCUT2D eigenvalue weighted by Gasteiger charge is -2.42. The van der Waals surface area contributed by atoms with E-state index in [-0.39, 0.29) is 10.8 Å². The molecule has 2 aromatic heterocycles. The van der Waals surface area contributed by atoms with Crippen molar-refractivity contribution in [2.45, 2.75) is 58.3 Å². The third kappa shape index (κ3) is 5.58. The SMILES string of the molecule is Cc1cc(N(c2cccc(Cl)c2)c2cccc3c2oc2ccccc23)cc(N(c2ccc3c(c2)C(C)(C)CCC3(C)C)c2cccc3c2oc2ccccc23)c1. The zero-order valence-corrected chi connectivity index (χ0v) is 33.1. The summed E-state index contributed by atoms with van der Waals surface area (Å²) in [6.45, 7) is 11.7. The third-order valence-electron chi connectivity index (χ3n) is 12.0. The zero-order valence-electron chi connectivity index (χ0n) is 32.4. The molecule has 0 atom stereocenters. The maximum Gasteiger partial charge on any atom is 0.159 e. The molecule has 0 amide bonds. The lowest BCUT2D eigenvalue weighted by molar-refractivity contribution is 0.332. The van der Waals surface area contributed by atoms with Crippen molar-refractivity contribution in [3.63, 3.8) is 0 Å². The van der Waals surface area contributed by atoms with Crippen LogP contribution in [0.3, 0.4) is 0 Å². The number of hydrogen-bond acceptors (Lipinski definition) is 4. The number of benzene rings is 7. The van der Waals surface area contributed by atoms with Crippen LogP contribution in [0.5, 0.6) is 0 Å². The van der Waals surface area contributed by atoms with Gasteiger partial charge in [0.05, 0.1) is 11.4 Å². The number of nitrogens with zero attached hydrogens (tertiary/aromatic N) is 2. The van der Waals surface area contributed by atoms with Crippen molar-refractivity contribution in [1.29, 1.82) is 0 Å². The smallest absolute Gasteiger partial charge is 0.159 e. The highest BCUT2D eigenvalue weighted by Gasteiger charge is 2.37. The predicted molar refractivity (Wildman–Crippen MR) is 235 cm³/mol. The largest absolute Gasteiger partial charge is 0.454 e. The number of hydrogen-bond donors (Lipinski definition) is 0. The Morgan fingerprint density at radius 3 is 1.54 bits per heavy atom. The highest BCUT2D eigenvalue weighted by Crippen LogP contribution is 2.51. The van der Waals surface area contributed by atoms with Crippen LogP contribution in [0.1, 0.15) is 57.2 Å². The average molecular weight is 751 g/mol. The second-order valence-corrected chi connectivity index (χ2v) is 17.1. The van der Waals surface area contributed by atoms with E-state index in [9.17, 15) is 0 Å². The van der Waals surface area contributed by atoms with Crippen LogP contribution in [0.25, 0.3) is 43.9 Å². The maximum absolute atomic E-state index is 6.75. The van der Waals surface area contributed by atoms with E-state index in [2.05, 4.69) is 154 Å². The standard InChI is InChI=1S/C51H43ClN2O2/c1-32-27-36(53(34-14-10-13-33(52)29-34)44-19-11-17-40-38-15-6-8-21-46(38)55-48(40)44)30-37(28-32)54(35-23-24-42-43(31-35)51(4,5)26-25-50(42,2)3)45-20-12-18-41-39-16-7-9-22-47(39)56-49(41)45/h6-24,27-31H,25-26H2,1-5H3. The molecular formula is C51H43ClN2O2. The van der Waals surface area contributed by atoms with E-state index in [0.29, 0.717) is 5.02 Å². The minimum absolute atomic E-state index is 0.0321. The van der Waals surface area contributed by atoms with E-state index in [1.807, 2.05) is 36.4 Å². The third-order valence-corrected chi connectivity index (χ3v) is 12.2. The van der Waals surface area contributed by atoms with Gasteiger partial charge in [0, 0.05) is 49.3 Å². The Hall–Kier alpha value is -5.97. The molecule has 1 aliphatic carbocycles. The summed E-state index contributed by atoms with van der Waals surface area (Å²) in [6, 6.07) is 51.4. The molecule has 0 radical (unpaired) electrons. The van der Waals surface area contributed by atoms with Crippen LogP contribution in [-0.2, 0) is 10.8 Å². The average Bonchev–Trinajstić information content (AvgIpc) is 3.77. The number of furan rings is 2. The van der Waals surface area contributed by atoms with Gasteiger partial charge in [0.2, 0.25) is 0 Å². The van der Waals surface area contributed by atoms with Crippen LogP contribution in [0.4, 0.5) is 34.1 Å². The molecule has 7 aromatic carbocycles. The number of para-hydroxylation sites is 4. The molecule has 0 saturated carbocycles. The number of aryl methyl sites for hydroxylation is 1. The second kappa shape index (κ2) is 12.8. The highest BCUT2D eigenvalue weighted by molar-refractivity contribution is 6.31. The summed E-state index contributed by atoms with van der Waals surface area (Å²) < 4.78 is 13.4. The molecule has 0 N–H and O–H groups in total. The lowest BCUT2D eigenvalue weighted by atomic mass is 9.63. The maximum atomic E-state index is 6.75. The number of fused-ring (bicyclic) bond motifs is 7. The van der Waals surface area contributed by atoms with Crippen molar-refractivity contribution in [2.75, 3.05) is 9.80 Å². The molecule has 0 unspecified atom stereocenters. The van der Waals surface area contributed by atoms with Gasteiger partial charge in [0.25, 0.3) is 0 Å². The molecule has 0 bridgehead atoms. The first-order valence-electron chi connectivity index (χ1n) is 19.5. The van der Waals surface area contributed by atoms with Gasteiger partial charge in [-0.15, -0.1) is 0 Å². The van der Waals surface area contributed by atoms with E-state index in [1.165, 1.54) is 11.1 Å². The molecule has 56 heavy (non-hydrogen) atoms. The highest BCUT2D eigenvalue weighted by atomic mass is 35.5. The summed E-state index contributed by atoms with van der Waals surface area (Å²) >= 11 is 6.74. The summed E-state index contributed by atoms with van der Waals surface area (Å²) in [7, 11) is 0. The molecule has 9 aromatic rings. The van der Waals surface area contributed by atoms with E-state index in [4.69, 9.17) is 20.4 Å². The van der Waals surface area contributed by atoms with Crippen LogP contribution < -0.4 is 9.80 Å². The van der Waals surface area contributed by atoms with Gasteiger partial charge >= 0.3 is 0 Å². The molecule has 10 rings (SSSR count). The van der Waals surface area contributed by atoms with E-state index in [0.717, 1.165) is 96.4 Å². The minimum Gasteiger partial charge on any atom is -0.454 e. The topological polar surface area (TPSA) is 32.8 Å². The van der Waals surface area contributed by atoms with Crippen LogP contribution in [0.2, 0.25) is 5.02 Å². The first-order chi connectivity index (χ1) is 27.1. The van der Waals surface area contributed by atoms with Crippen molar-refractivity contribution in [1.82, 2.24) is 0 Å². The Morgan fingerprint density at radius 2 is 0.964 bits per heavy atom. The van der Waals surface area contributed by atoms with Gasteiger partial charge in [-0.1, -0.05) is 112 Å². The van der Waals surface area contributed by atoms with Gasteiger partial charge in [-0.3, -0.25) is 0 Å². The van der Waals surface area contributed by atoms with Crippen molar-refractivity contribution in [2.24, 2.45) is 0 Å². The Balaban J connectivity index is 1.24. The molecule has 1 aliphatic rings. The fourth-order valence-electron chi connectivity index (χ4n) is 9.00. The van der Waals surface area contributed by atoms with Crippen LogP contribution in [-0.4, -0.2) is 0 Å². The minimum atomic E-state index is 0.0321. The van der Waals surface area contributed by atoms with E-state index >= 15 is 0 Å². The Morgan fingerprint density at radius 1 is 0.464 bits per heavy atom. The molecule has 5 heteroatoms. The summed E-state index contributed by atoms with van der Waals surface area (Å²) in [5.41, 5.74) is 13.4. The van der Waals surface area contributed by atoms with E-state index < -0.39 is 0 Å². The van der Waals surface area contributed by atoms with Gasteiger partial charge in [0.1, 0.15) is 11.2 Å². The lowest BCUT2D eigenvalue weighted by Crippen LogP contribution is -2.34. The van der Waals surface area contributed by atoms with Gasteiger partial charge in [-0.2, -0.15) is 0 Å². The number of halogens is 1. The molecule has 4 nitrogen and oxygen atoms in total. The molecular weight excluding hydrogens is 708 g/mol. The first-order valence-corrected chi connectivity index (χ1v) is 19.9. The summed E-state index contributed by atoms with van der Waals surface area (Å²) in [4.78, 5) is 4.66. The summed E-state index contributed by atoms with van der Waals surface area (Å²) in [5.74, 6) is 0. The van der Waals surface area contributed by atoms with Gasteiger partial charge in [0.15, 0.2) is 11.2 Å². The summed E-state index contributed by atoms with van der Waals surface area (Å²) in [6.07, 6.45) is 2.29. The molecule has 0 fully saturated rings. The van der Waals surface area contributed by atoms with Crippen molar-refractivity contribution < 1.29 is 8.83 Å². The Kier molecular flexibility index (Phi) is 7.88. The molecule has 2 heterocycles. The number of rotatable bonds is 6. The van der Waals surface area contributed by atoms with Gasteiger partial charge in [-0.05, 0) is 120 Å². The normalized spacial score (nSPS) is 14.8. The zero-order chi connectivity index (χ0) is 38.3. The van der Waals surface area contributed by atoms with Crippen LogP contribution >= 0.6 is 11.6 Å². The van der Waals surface area contributed by atoms with Crippen LogP contribution in [0, 0.1) is 6.92 Å². The van der Waals surface area contributed by atoms with Crippen molar-refractivity contribution in [3.05, 3.63) is 167 Å². The fourth-order valence-corrected chi connectivity index (χ4v) is 9.19. The first kappa shape index (κ1) is 34.5. The van der Waals surface area contributed by atoms with Gasteiger partial charge in [-0.25, -0.2) is 0 Å². The Labute approximate surface area is 332 Å². The van der Waals surface area contributed by atoms with Crippen molar-refractivity contribution in [3.8, 4) is 0 Å². The molecule has 276 valence electrons. The van der Waals surface area contributed by atoms with Crippen molar-refractivity contribution >= 4 is 89.6 Å². The van der Waals surface area contributed by atoms with E-state index in [1.54, 1.807) is 0 Å². The molecule has 0 spiro atoms. The summed E-state index contributed by atoms with van der Waals surface area (Å²) in [5, 5.41) is 5.01. The Bertz CT molecular complexity index is 2990. The number of anilines is 6. The molecule has 0 aliphatic heterocycles. The van der Waals surface area contributed by atoms with Crippen LogP contribution in [0.15, 0.2) is 154 Å². The molecule has 0 saturated heterocycles. The predicted octanol–water partition coefficient (Wildman–Crippen LogP) is 15.7. The fraction of sp³-hybridized carbons (Fsp3) is 0.176. The quantitative estimate of drug-likeness (QED) is 0.169. The van der Waals surface area contributed by atoms with Gasteiger partial charge < -0.3 is 18.6 Å². The second-order valence-electron chi connectivity index (χ2n) is 16.7.